The third kappa shape index (κ3) is 4.06. The molecule has 2 amide bonds. The largest absolute Gasteiger partial charge is 0.480 e. The number of hydrogen-bond donors (Lipinski definition) is 3. The molecular weight excluding hydrogens is 316 g/mol. The van der Waals surface area contributed by atoms with E-state index in [-0.39, 0.29) is 0 Å². The van der Waals surface area contributed by atoms with Crippen molar-refractivity contribution in [2.45, 2.75) is 19.4 Å². The maximum absolute atomic E-state index is 12.0. The Kier molecular flexibility index (Phi) is 5.05. The van der Waals surface area contributed by atoms with Gasteiger partial charge in [0.25, 0.3) is 5.91 Å². The topological polar surface area (TPSA) is 109 Å². The summed E-state index contributed by atoms with van der Waals surface area (Å²) in [5, 5.41) is 11.2. The van der Waals surface area contributed by atoms with E-state index in [0.29, 0.717) is 10.0 Å². The minimum absolute atomic E-state index is 0.302. The van der Waals surface area contributed by atoms with Crippen molar-refractivity contribution >= 4 is 33.7 Å². The lowest BCUT2D eigenvalue weighted by molar-refractivity contribution is -0.140. The number of nitrogens with one attached hydrogen (secondary N) is 1. The monoisotopic (exact) mass is 328 g/mol. The Bertz CT molecular complexity index is 530. The van der Waals surface area contributed by atoms with E-state index < -0.39 is 30.2 Å². The van der Waals surface area contributed by atoms with Gasteiger partial charge in [0.05, 0.1) is 12.0 Å². The van der Waals surface area contributed by atoms with E-state index in [0.717, 1.165) is 5.56 Å². The lowest BCUT2D eigenvalue weighted by Gasteiger charge is -2.14. The van der Waals surface area contributed by atoms with Gasteiger partial charge in [-0.15, -0.1) is 0 Å². The second-order valence-corrected chi connectivity index (χ2v) is 4.76. The van der Waals surface area contributed by atoms with Gasteiger partial charge in [-0.3, -0.25) is 9.59 Å². The molecule has 0 heterocycles. The Balaban J connectivity index is 2.91. The molecular formula is C12H13BrN2O4. The first-order valence-electron chi connectivity index (χ1n) is 5.40. The third-order valence-electron chi connectivity index (χ3n) is 2.45. The number of nitrogens with two attached hydrogens (primary N) is 1. The third-order valence-corrected chi connectivity index (χ3v) is 3.50. The van der Waals surface area contributed by atoms with Gasteiger partial charge in [-0.05, 0) is 34.5 Å². The highest BCUT2D eigenvalue weighted by Gasteiger charge is 2.23. The van der Waals surface area contributed by atoms with Crippen molar-refractivity contribution in [3.05, 3.63) is 33.8 Å². The molecule has 1 atom stereocenters. The van der Waals surface area contributed by atoms with E-state index in [4.69, 9.17) is 10.8 Å². The highest BCUT2D eigenvalue weighted by Crippen LogP contribution is 2.21. The van der Waals surface area contributed by atoms with Crippen molar-refractivity contribution in [3.63, 3.8) is 0 Å². The number of carboxylic acid groups (broad SMARTS) is 1. The molecule has 0 aliphatic heterocycles. The van der Waals surface area contributed by atoms with E-state index in [9.17, 15) is 14.4 Å². The van der Waals surface area contributed by atoms with Gasteiger partial charge in [0.2, 0.25) is 5.91 Å². The Labute approximate surface area is 118 Å². The Morgan fingerprint density at radius 2 is 2.05 bits per heavy atom. The van der Waals surface area contributed by atoms with Gasteiger partial charge in [0.15, 0.2) is 0 Å². The zero-order valence-corrected chi connectivity index (χ0v) is 11.7. The normalized spacial score (nSPS) is 11.7. The van der Waals surface area contributed by atoms with Crippen LogP contribution in [0, 0.1) is 6.92 Å². The summed E-state index contributed by atoms with van der Waals surface area (Å²) < 4.78 is 0.579. The zero-order chi connectivity index (χ0) is 14.6. The number of aliphatic carboxylic acids is 1. The highest BCUT2D eigenvalue weighted by atomic mass is 79.9. The molecule has 1 aromatic rings. The fourth-order valence-corrected chi connectivity index (χ4v) is 1.90. The summed E-state index contributed by atoms with van der Waals surface area (Å²) in [6.07, 6.45) is -0.454. The smallest absolute Gasteiger partial charge is 0.326 e. The van der Waals surface area contributed by atoms with E-state index in [1.54, 1.807) is 25.1 Å². The molecule has 0 fully saturated rings. The fourth-order valence-electron chi connectivity index (χ4n) is 1.46. The van der Waals surface area contributed by atoms with Crippen LogP contribution in [-0.4, -0.2) is 28.9 Å². The molecule has 0 saturated heterocycles. The van der Waals surface area contributed by atoms with Gasteiger partial charge >= 0.3 is 5.97 Å². The average molecular weight is 329 g/mol. The van der Waals surface area contributed by atoms with Crippen molar-refractivity contribution in [2.75, 3.05) is 0 Å². The van der Waals surface area contributed by atoms with Gasteiger partial charge in [0, 0.05) is 4.47 Å². The van der Waals surface area contributed by atoms with Gasteiger partial charge in [-0.25, -0.2) is 4.79 Å². The molecule has 102 valence electrons. The van der Waals surface area contributed by atoms with Gasteiger partial charge in [-0.2, -0.15) is 0 Å². The van der Waals surface area contributed by atoms with Crippen LogP contribution < -0.4 is 11.1 Å². The van der Waals surface area contributed by atoms with Crippen LogP contribution in [-0.2, 0) is 9.59 Å². The van der Waals surface area contributed by atoms with E-state index in [1.807, 2.05) is 0 Å². The van der Waals surface area contributed by atoms with Crippen molar-refractivity contribution in [3.8, 4) is 0 Å². The van der Waals surface area contributed by atoms with Crippen LogP contribution >= 0.6 is 15.9 Å². The van der Waals surface area contributed by atoms with Gasteiger partial charge in [-0.1, -0.05) is 12.1 Å². The molecule has 19 heavy (non-hydrogen) atoms. The molecule has 6 nitrogen and oxygen atoms in total. The lowest BCUT2D eigenvalue weighted by Crippen LogP contribution is -2.43. The molecule has 0 aliphatic carbocycles. The predicted molar refractivity (Wildman–Crippen MR) is 71.6 cm³/mol. The molecule has 0 radical (unpaired) electrons. The van der Waals surface area contributed by atoms with Crippen LogP contribution in [0.5, 0.6) is 0 Å². The van der Waals surface area contributed by atoms with Gasteiger partial charge in [0.1, 0.15) is 6.04 Å². The first kappa shape index (κ1) is 15.2. The SMILES string of the molecule is Cc1cccc(C(=O)N[C@@H](CC(N)=O)C(=O)O)c1Br. The minimum Gasteiger partial charge on any atom is -0.480 e. The quantitative estimate of drug-likeness (QED) is 0.743. The first-order valence-corrected chi connectivity index (χ1v) is 6.19. The van der Waals surface area contributed by atoms with Crippen molar-refractivity contribution in [1.29, 1.82) is 0 Å². The molecule has 7 heteroatoms. The van der Waals surface area contributed by atoms with Crippen molar-refractivity contribution in [2.24, 2.45) is 5.73 Å². The number of primary amides is 1. The lowest BCUT2D eigenvalue weighted by atomic mass is 10.1. The maximum Gasteiger partial charge on any atom is 0.326 e. The Morgan fingerprint density at radius 3 is 2.58 bits per heavy atom. The highest BCUT2D eigenvalue weighted by molar-refractivity contribution is 9.10. The number of carboxylic acids is 1. The Morgan fingerprint density at radius 1 is 1.42 bits per heavy atom. The van der Waals surface area contributed by atoms with E-state index in [1.165, 1.54) is 0 Å². The van der Waals surface area contributed by atoms with Gasteiger partial charge < -0.3 is 16.2 Å². The molecule has 0 unspecified atom stereocenters. The van der Waals surface area contributed by atoms with Crippen LogP contribution in [0.15, 0.2) is 22.7 Å². The summed E-state index contributed by atoms with van der Waals surface area (Å²) in [6, 6.07) is 3.70. The molecule has 0 spiro atoms. The number of rotatable bonds is 5. The molecule has 1 aromatic carbocycles. The number of hydrogen-bond acceptors (Lipinski definition) is 3. The first-order chi connectivity index (χ1) is 8.82. The zero-order valence-electron chi connectivity index (χ0n) is 10.1. The van der Waals surface area contributed by atoms with Crippen molar-refractivity contribution < 1.29 is 19.5 Å². The van der Waals surface area contributed by atoms with Crippen LogP contribution in [0.25, 0.3) is 0 Å². The Hall–Kier alpha value is -1.89. The van der Waals surface area contributed by atoms with Crippen LogP contribution in [0.3, 0.4) is 0 Å². The molecule has 1 rings (SSSR count). The van der Waals surface area contributed by atoms with E-state index >= 15 is 0 Å². The number of carbonyl (C=O) groups is 3. The van der Waals surface area contributed by atoms with Crippen LogP contribution in [0.4, 0.5) is 0 Å². The fraction of sp³-hybridized carbons (Fsp3) is 0.250. The molecule has 0 bridgehead atoms. The molecule has 4 N–H and O–H groups in total. The minimum atomic E-state index is -1.34. The summed E-state index contributed by atoms with van der Waals surface area (Å²) in [4.78, 5) is 33.6. The number of carbonyl (C=O) groups excluding carboxylic acids is 2. The summed E-state index contributed by atoms with van der Waals surface area (Å²) >= 11 is 3.26. The summed E-state index contributed by atoms with van der Waals surface area (Å²) in [5.74, 6) is -2.68. The van der Waals surface area contributed by atoms with E-state index in [2.05, 4.69) is 21.2 Å². The maximum atomic E-state index is 12.0. The summed E-state index contributed by atoms with van der Waals surface area (Å²) in [7, 11) is 0. The standard InChI is InChI=1S/C12H13BrN2O4/c1-6-3-2-4-7(10(6)13)11(17)15-8(12(18)19)5-9(14)16/h2-4,8H,5H2,1H3,(H2,14,16)(H,15,17)(H,18,19)/t8-/m0/s1. The second kappa shape index (κ2) is 6.33. The molecule has 0 aromatic heterocycles. The number of amides is 2. The summed E-state index contributed by atoms with van der Waals surface area (Å²) in [6.45, 7) is 1.80. The van der Waals surface area contributed by atoms with Crippen molar-refractivity contribution in [1.82, 2.24) is 5.32 Å². The number of benzene rings is 1. The average Bonchev–Trinajstić information content (AvgIpc) is 2.31. The van der Waals surface area contributed by atoms with Crippen LogP contribution in [0.2, 0.25) is 0 Å². The second-order valence-electron chi connectivity index (χ2n) is 3.97. The molecule has 0 saturated carbocycles. The predicted octanol–water partition coefficient (Wildman–Crippen LogP) is 0.816. The molecule has 0 aliphatic rings. The number of aryl methyl sites for hydroxylation is 1. The number of halogens is 1. The summed E-state index contributed by atoms with van der Waals surface area (Å²) in [5.41, 5.74) is 6.08. The van der Waals surface area contributed by atoms with Crippen LogP contribution in [0.1, 0.15) is 22.3 Å².